The molecule has 0 radical (unpaired) electrons. The summed E-state index contributed by atoms with van der Waals surface area (Å²) in [6.07, 6.45) is 4.24. The minimum absolute atomic E-state index is 0.00858. The minimum Gasteiger partial charge on any atom is -0.632 e. The number of unbranched alkanes of at least 4 members (excludes halogenated alkanes) is 1. The van der Waals surface area contributed by atoms with Crippen LogP contribution in [0.25, 0.3) is 10.9 Å². The zero-order valence-corrected chi connectivity index (χ0v) is 18.3. The van der Waals surface area contributed by atoms with E-state index in [0.29, 0.717) is 38.3 Å². The second kappa shape index (κ2) is 8.65. The van der Waals surface area contributed by atoms with Crippen LogP contribution in [0.1, 0.15) is 69.4 Å². The smallest absolute Gasteiger partial charge is 0.272 e. The number of piperidine rings is 1. The average molecular weight is 415 g/mol. The number of fused-ring (bicyclic) bond motifs is 3. The molecule has 1 N–H and O–H groups in total. The van der Waals surface area contributed by atoms with E-state index in [0.717, 1.165) is 30.2 Å². The maximum absolute atomic E-state index is 13.5. The molecule has 3 heterocycles. The van der Waals surface area contributed by atoms with Gasteiger partial charge in [-0.05, 0) is 25.8 Å². The summed E-state index contributed by atoms with van der Waals surface area (Å²) >= 11 is 0. The van der Waals surface area contributed by atoms with E-state index in [-0.39, 0.29) is 34.7 Å². The van der Waals surface area contributed by atoms with E-state index in [1.807, 2.05) is 28.9 Å². The van der Waals surface area contributed by atoms with Crippen LogP contribution in [0.15, 0.2) is 24.3 Å². The number of quaternary nitrogens is 1. The highest BCUT2D eigenvalue weighted by molar-refractivity contribution is 6.05. The van der Waals surface area contributed by atoms with Crippen LogP contribution in [0.2, 0.25) is 0 Å². The number of carbonyl (C=O) groups excluding carboxylic acids is 1. The van der Waals surface area contributed by atoms with Crippen molar-refractivity contribution in [1.29, 1.82) is 0 Å². The molecule has 2 saturated heterocycles. The van der Waals surface area contributed by atoms with Crippen molar-refractivity contribution in [3.05, 3.63) is 35.2 Å². The number of hydrogen-bond donors (Lipinski definition) is 1. The number of carbonyl (C=O) groups is 1. The molecule has 0 spiro atoms. The van der Waals surface area contributed by atoms with Crippen molar-refractivity contribution in [3.8, 4) is 0 Å². The molecule has 4 rings (SSSR count). The number of benzene rings is 1. The van der Waals surface area contributed by atoms with Crippen LogP contribution in [0, 0.1) is 5.21 Å². The molecule has 3 atom stereocenters. The molecule has 7 nitrogen and oxygen atoms in total. The van der Waals surface area contributed by atoms with Crippen molar-refractivity contribution >= 4 is 16.8 Å². The molecular formula is C23H34N4O3. The number of nitrogens with one attached hydrogen (secondary N) is 1. The molecule has 7 heteroatoms. The largest absolute Gasteiger partial charge is 0.632 e. The van der Waals surface area contributed by atoms with Crippen molar-refractivity contribution in [2.75, 3.05) is 19.8 Å². The quantitative estimate of drug-likeness (QED) is 0.552. The van der Waals surface area contributed by atoms with Crippen LogP contribution in [0.3, 0.4) is 0 Å². The van der Waals surface area contributed by atoms with Gasteiger partial charge in [0.1, 0.15) is 12.1 Å². The van der Waals surface area contributed by atoms with E-state index in [9.17, 15) is 10.0 Å². The molecule has 0 saturated carbocycles. The number of hydrogen-bond acceptors (Lipinski definition) is 4. The number of ether oxygens (including phenoxy) is 1. The molecule has 2 aliphatic heterocycles. The molecule has 1 aromatic carbocycles. The summed E-state index contributed by atoms with van der Waals surface area (Å²) in [6, 6.07) is 7.93. The highest BCUT2D eigenvalue weighted by atomic mass is 16.6. The van der Waals surface area contributed by atoms with Gasteiger partial charge in [0.15, 0.2) is 5.69 Å². The molecule has 164 valence electrons. The third-order valence-electron chi connectivity index (χ3n) is 7.00. The lowest BCUT2D eigenvalue weighted by molar-refractivity contribution is -0.943. The zero-order chi connectivity index (χ0) is 21.3. The lowest BCUT2D eigenvalue weighted by Crippen LogP contribution is -2.69. The highest BCUT2D eigenvalue weighted by Gasteiger charge is 2.47. The Morgan fingerprint density at radius 2 is 2.00 bits per heavy atom. The lowest BCUT2D eigenvalue weighted by Gasteiger charge is -2.60. The second-order valence-electron chi connectivity index (χ2n) is 8.99. The van der Waals surface area contributed by atoms with E-state index in [1.165, 1.54) is 0 Å². The van der Waals surface area contributed by atoms with E-state index >= 15 is 0 Å². The summed E-state index contributed by atoms with van der Waals surface area (Å²) in [6.45, 7) is 7.98. The molecular weight excluding hydrogens is 380 g/mol. The summed E-state index contributed by atoms with van der Waals surface area (Å²) in [4.78, 5) is 13.2. The average Bonchev–Trinajstić information content (AvgIpc) is 3.12. The summed E-state index contributed by atoms with van der Waals surface area (Å²) < 4.78 is 7.51. The maximum atomic E-state index is 13.5. The van der Waals surface area contributed by atoms with E-state index < -0.39 is 0 Å². The Morgan fingerprint density at radius 1 is 1.30 bits per heavy atom. The fraction of sp³-hybridized carbons (Fsp3) is 0.652. The van der Waals surface area contributed by atoms with Gasteiger partial charge in [0, 0.05) is 30.3 Å². The van der Waals surface area contributed by atoms with Gasteiger partial charge in [-0.1, -0.05) is 38.5 Å². The Kier molecular flexibility index (Phi) is 6.14. The van der Waals surface area contributed by atoms with Crippen molar-refractivity contribution in [3.63, 3.8) is 0 Å². The molecule has 2 fully saturated rings. The van der Waals surface area contributed by atoms with Gasteiger partial charge in [0.25, 0.3) is 5.91 Å². The summed E-state index contributed by atoms with van der Waals surface area (Å²) in [5.74, 6) is -0.142. The van der Waals surface area contributed by atoms with Gasteiger partial charge in [-0.2, -0.15) is 5.10 Å². The van der Waals surface area contributed by atoms with Crippen LogP contribution in [0.5, 0.6) is 0 Å². The Morgan fingerprint density at radius 3 is 2.67 bits per heavy atom. The van der Waals surface area contributed by atoms with Gasteiger partial charge in [0.05, 0.1) is 25.3 Å². The summed E-state index contributed by atoms with van der Waals surface area (Å²) in [7, 11) is 0. The first-order chi connectivity index (χ1) is 14.5. The van der Waals surface area contributed by atoms with Crippen LogP contribution in [0.4, 0.5) is 0 Å². The van der Waals surface area contributed by atoms with Gasteiger partial charge in [0.2, 0.25) is 0 Å². The zero-order valence-electron chi connectivity index (χ0n) is 18.3. The van der Waals surface area contributed by atoms with E-state index in [4.69, 9.17) is 4.74 Å². The van der Waals surface area contributed by atoms with Gasteiger partial charge in [-0.3, -0.25) is 9.48 Å². The van der Waals surface area contributed by atoms with Gasteiger partial charge in [-0.25, -0.2) is 0 Å². The fourth-order valence-electron chi connectivity index (χ4n) is 5.04. The number of morpholine rings is 1. The third-order valence-corrected chi connectivity index (χ3v) is 7.00. The van der Waals surface area contributed by atoms with Gasteiger partial charge >= 0.3 is 0 Å². The molecule has 2 aromatic rings. The first-order valence-corrected chi connectivity index (χ1v) is 11.4. The maximum Gasteiger partial charge on any atom is 0.272 e. The molecule has 3 unspecified atom stereocenters. The van der Waals surface area contributed by atoms with Gasteiger partial charge in [-0.15, -0.1) is 0 Å². The Bertz CT molecular complexity index is 882. The van der Waals surface area contributed by atoms with Crippen LogP contribution < -0.4 is 5.32 Å². The molecule has 30 heavy (non-hydrogen) atoms. The summed E-state index contributed by atoms with van der Waals surface area (Å²) in [5, 5.41) is 22.3. The monoisotopic (exact) mass is 414 g/mol. The minimum atomic E-state index is -0.147. The molecule has 2 aliphatic rings. The van der Waals surface area contributed by atoms with Crippen molar-refractivity contribution in [2.45, 2.75) is 77.0 Å². The molecule has 2 bridgehead atoms. The Balaban J connectivity index is 1.53. The number of rotatable bonds is 7. The predicted octanol–water partition coefficient (Wildman–Crippen LogP) is 3.78. The van der Waals surface area contributed by atoms with Crippen molar-refractivity contribution < 1.29 is 14.2 Å². The van der Waals surface area contributed by atoms with Crippen LogP contribution in [-0.2, 0) is 4.74 Å². The van der Waals surface area contributed by atoms with E-state index in [1.54, 1.807) is 0 Å². The SMILES string of the molecule is CCCC[N+]1([O-])C2COCC1CC(NC(=O)c1nn(C(C)CC)c3ccccc13)C2. The Labute approximate surface area is 178 Å². The first kappa shape index (κ1) is 21.3. The predicted molar refractivity (Wildman–Crippen MR) is 117 cm³/mol. The first-order valence-electron chi connectivity index (χ1n) is 11.4. The number of hydroxylamine groups is 3. The topological polar surface area (TPSA) is 79.2 Å². The second-order valence-corrected chi connectivity index (χ2v) is 8.99. The van der Waals surface area contributed by atoms with Crippen molar-refractivity contribution in [1.82, 2.24) is 15.1 Å². The van der Waals surface area contributed by atoms with E-state index in [2.05, 4.69) is 31.2 Å². The van der Waals surface area contributed by atoms with Crippen molar-refractivity contribution in [2.24, 2.45) is 0 Å². The number of para-hydroxylation sites is 1. The number of amides is 1. The van der Waals surface area contributed by atoms with Crippen LogP contribution in [-0.4, -0.2) is 58.2 Å². The summed E-state index contributed by atoms with van der Waals surface area (Å²) in [5.41, 5.74) is 1.47. The molecule has 0 aliphatic carbocycles. The number of aromatic nitrogens is 2. The molecule has 1 amide bonds. The normalized spacial score (nSPS) is 29.7. The lowest BCUT2D eigenvalue weighted by atomic mass is 9.88. The fourth-order valence-corrected chi connectivity index (χ4v) is 5.04. The third kappa shape index (κ3) is 3.74. The van der Waals surface area contributed by atoms with Gasteiger partial charge < -0.3 is 19.9 Å². The standard InChI is InChI=1S/C23H34N4O3/c1-4-6-11-27(29)18-12-17(13-19(27)15-30-14-18)24-23(28)22-20-9-7-8-10-21(20)26(25-22)16(3)5-2/h7-10,16-19H,4-6,11-15H2,1-3H3,(H,24,28). The van der Waals surface area contributed by atoms with Crippen LogP contribution >= 0.6 is 0 Å². The number of nitrogens with zero attached hydrogens (tertiary/aromatic N) is 3. The highest BCUT2D eigenvalue weighted by Crippen LogP contribution is 2.35. The Hall–Kier alpha value is -1.96. The molecule has 1 aromatic heterocycles.